The van der Waals surface area contributed by atoms with Crippen LogP contribution >= 0.6 is 11.6 Å². The Morgan fingerprint density at radius 1 is 1.32 bits per heavy atom. The van der Waals surface area contributed by atoms with E-state index in [1.165, 1.54) is 0 Å². The zero-order valence-corrected chi connectivity index (χ0v) is 12.8. The molecule has 1 aromatic heterocycles. The minimum atomic E-state index is -0.0594. The molecule has 0 amide bonds. The summed E-state index contributed by atoms with van der Waals surface area (Å²) in [6, 6.07) is 6.06. The molecule has 0 saturated carbocycles. The third kappa shape index (κ3) is 2.49. The first-order valence-electron chi connectivity index (χ1n) is 6.89. The quantitative estimate of drug-likeness (QED) is 0.906. The number of nitrogens with two attached hydrogens (primary N) is 1. The largest absolute Gasteiger partial charge is 0.323 e. The van der Waals surface area contributed by atoms with E-state index in [9.17, 15) is 0 Å². The van der Waals surface area contributed by atoms with Crippen molar-refractivity contribution in [2.24, 2.45) is 11.7 Å². The summed E-state index contributed by atoms with van der Waals surface area (Å²) in [6.07, 6.45) is 1.04. The van der Waals surface area contributed by atoms with E-state index in [0.29, 0.717) is 5.92 Å². The Morgan fingerprint density at radius 2 is 2.00 bits per heavy atom. The van der Waals surface area contributed by atoms with E-state index < -0.39 is 0 Å². The molecule has 4 heteroatoms. The molecule has 1 heterocycles. The zero-order valence-electron chi connectivity index (χ0n) is 12.0. The van der Waals surface area contributed by atoms with Crippen LogP contribution in [0.3, 0.4) is 0 Å². The van der Waals surface area contributed by atoms with E-state index in [1.807, 2.05) is 18.2 Å². The maximum Gasteiger partial charge on any atom is 0.127 e. The van der Waals surface area contributed by atoms with Crippen molar-refractivity contribution in [1.82, 2.24) is 9.55 Å². The molecule has 0 saturated heterocycles. The van der Waals surface area contributed by atoms with Gasteiger partial charge >= 0.3 is 0 Å². The number of nitrogens with zero attached hydrogens (tertiary/aromatic N) is 2. The minimum absolute atomic E-state index is 0.0594. The fourth-order valence-corrected chi connectivity index (χ4v) is 2.65. The van der Waals surface area contributed by atoms with Crippen LogP contribution in [0.15, 0.2) is 18.2 Å². The lowest BCUT2D eigenvalue weighted by Crippen LogP contribution is -2.23. The van der Waals surface area contributed by atoms with Gasteiger partial charge in [0.05, 0.1) is 22.1 Å². The van der Waals surface area contributed by atoms with Crippen LogP contribution in [0.5, 0.6) is 0 Å². The molecule has 3 nitrogen and oxygen atoms in total. The van der Waals surface area contributed by atoms with Crippen LogP contribution in [0, 0.1) is 5.92 Å². The number of rotatable bonds is 4. The molecule has 2 atom stereocenters. The lowest BCUT2D eigenvalue weighted by atomic mass is 9.99. The smallest absolute Gasteiger partial charge is 0.127 e. The van der Waals surface area contributed by atoms with E-state index in [0.717, 1.165) is 28.3 Å². The molecule has 0 aliphatic rings. The van der Waals surface area contributed by atoms with Crippen LogP contribution < -0.4 is 5.73 Å². The Balaban J connectivity index is 2.67. The average Bonchev–Trinajstić information content (AvgIpc) is 2.77. The van der Waals surface area contributed by atoms with E-state index in [2.05, 4.69) is 32.3 Å². The average molecular weight is 280 g/mol. The van der Waals surface area contributed by atoms with Gasteiger partial charge in [-0.1, -0.05) is 37.9 Å². The van der Waals surface area contributed by atoms with Crippen molar-refractivity contribution < 1.29 is 0 Å². The number of fused-ring (bicyclic) bond motifs is 1. The Morgan fingerprint density at radius 3 is 2.58 bits per heavy atom. The third-order valence-corrected chi connectivity index (χ3v) is 4.06. The molecular weight excluding hydrogens is 258 g/mol. The second kappa shape index (κ2) is 5.51. The number of halogens is 1. The van der Waals surface area contributed by atoms with Crippen LogP contribution in [-0.4, -0.2) is 9.55 Å². The number of hydrogen-bond acceptors (Lipinski definition) is 2. The van der Waals surface area contributed by atoms with Crippen molar-refractivity contribution in [1.29, 1.82) is 0 Å². The van der Waals surface area contributed by atoms with Crippen molar-refractivity contribution in [3.8, 4) is 0 Å². The second-order valence-corrected chi connectivity index (χ2v) is 5.86. The Bertz CT molecular complexity index is 574. The molecule has 0 bridgehead atoms. The van der Waals surface area contributed by atoms with E-state index in [4.69, 9.17) is 22.3 Å². The van der Waals surface area contributed by atoms with E-state index in [-0.39, 0.29) is 12.1 Å². The molecule has 2 aromatic rings. The van der Waals surface area contributed by atoms with Gasteiger partial charge in [0.25, 0.3) is 0 Å². The van der Waals surface area contributed by atoms with Crippen LogP contribution in [0.25, 0.3) is 11.0 Å². The van der Waals surface area contributed by atoms with Gasteiger partial charge in [0.1, 0.15) is 5.82 Å². The standard InChI is InChI=1S/C15H22ClN3/c1-5-10(4)13(17)15-18-12-8-6-7-11(16)14(12)19(15)9(2)3/h6-10,13H,5,17H2,1-4H3. The van der Waals surface area contributed by atoms with Gasteiger partial charge in [-0.05, 0) is 31.9 Å². The Kier molecular flexibility index (Phi) is 4.16. The Labute approximate surface area is 119 Å². The maximum absolute atomic E-state index is 6.38. The lowest BCUT2D eigenvalue weighted by molar-refractivity contribution is 0.415. The lowest BCUT2D eigenvalue weighted by Gasteiger charge is -2.21. The highest BCUT2D eigenvalue weighted by atomic mass is 35.5. The molecule has 0 radical (unpaired) electrons. The van der Waals surface area contributed by atoms with Crippen LogP contribution in [0.2, 0.25) is 5.02 Å². The summed E-state index contributed by atoms with van der Waals surface area (Å²) in [6.45, 7) is 8.59. The highest BCUT2D eigenvalue weighted by Gasteiger charge is 2.23. The third-order valence-electron chi connectivity index (χ3n) is 3.76. The van der Waals surface area contributed by atoms with Crippen LogP contribution in [0.1, 0.15) is 52.0 Å². The molecule has 104 valence electrons. The van der Waals surface area contributed by atoms with E-state index >= 15 is 0 Å². The molecular formula is C15H22ClN3. The van der Waals surface area contributed by atoms with Gasteiger partial charge < -0.3 is 10.3 Å². The highest BCUT2D eigenvalue weighted by molar-refractivity contribution is 6.35. The normalized spacial score (nSPS) is 15.1. The van der Waals surface area contributed by atoms with Gasteiger partial charge in [0, 0.05) is 6.04 Å². The van der Waals surface area contributed by atoms with Crippen molar-refractivity contribution >= 4 is 22.6 Å². The van der Waals surface area contributed by atoms with Gasteiger partial charge in [-0.3, -0.25) is 0 Å². The number of para-hydroxylation sites is 1. The molecule has 0 spiro atoms. The van der Waals surface area contributed by atoms with Crippen molar-refractivity contribution in [3.05, 3.63) is 29.0 Å². The molecule has 2 unspecified atom stereocenters. The SMILES string of the molecule is CCC(C)C(N)c1nc2cccc(Cl)c2n1C(C)C. The molecule has 1 aromatic carbocycles. The van der Waals surface area contributed by atoms with Crippen LogP contribution in [0.4, 0.5) is 0 Å². The van der Waals surface area contributed by atoms with Crippen molar-refractivity contribution in [3.63, 3.8) is 0 Å². The predicted molar refractivity (Wildman–Crippen MR) is 81.5 cm³/mol. The van der Waals surface area contributed by atoms with Gasteiger partial charge in [-0.15, -0.1) is 0 Å². The predicted octanol–water partition coefficient (Wildman–Crippen LogP) is 4.32. The summed E-state index contributed by atoms with van der Waals surface area (Å²) in [4.78, 5) is 4.72. The summed E-state index contributed by atoms with van der Waals surface area (Å²) in [5, 5.41) is 0.737. The molecule has 2 N–H and O–H groups in total. The number of imidazole rings is 1. The monoisotopic (exact) mass is 279 g/mol. The first-order chi connectivity index (χ1) is 8.97. The molecule has 0 aliphatic carbocycles. The van der Waals surface area contributed by atoms with Gasteiger partial charge in [0.15, 0.2) is 0 Å². The van der Waals surface area contributed by atoms with Gasteiger partial charge in [-0.2, -0.15) is 0 Å². The molecule has 2 rings (SSSR count). The number of aromatic nitrogens is 2. The minimum Gasteiger partial charge on any atom is -0.323 e. The molecule has 19 heavy (non-hydrogen) atoms. The van der Waals surface area contributed by atoms with Gasteiger partial charge in [-0.25, -0.2) is 4.98 Å². The fourth-order valence-electron chi connectivity index (χ4n) is 2.39. The summed E-state index contributed by atoms with van der Waals surface area (Å²) < 4.78 is 2.18. The number of hydrogen-bond donors (Lipinski definition) is 1. The summed E-state index contributed by atoms with van der Waals surface area (Å²) in [5.74, 6) is 1.33. The Hall–Kier alpha value is -1.06. The topological polar surface area (TPSA) is 43.8 Å². The summed E-state index contributed by atoms with van der Waals surface area (Å²) in [7, 11) is 0. The summed E-state index contributed by atoms with van der Waals surface area (Å²) in [5.41, 5.74) is 8.29. The first kappa shape index (κ1) is 14.4. The second-order valence-electron chi connectivity index (χ2n) is 5.45. The van der Waals surface area contributed by atoms with Crippen molar-refractivity contribution in [2.45, 2.75) is 46.2 Å². The summed E-state index contributed by atoms with van der Waals surface area (Å²) >= 11 is 6.34. The van der Waals surface area contributed by atoms with Crippen LogP contribution in [-0.2, 0) is 0 Å². The maximum atomic E-state index is 6.38. The van der Waals surface area contributed by atoms with Crippen molar-refractivity contribution in [2.75, 3.05) is 0 Å². The van der Waals surface area contributed by atoms with E-state index in [1.54, 1.807) is 0 Å². The zero-order chi connectivity index (χ0) is 14.2. The fraction of sp³-hybridized carbons (Fsp3) is 0.533. The number of benzene rings is 1. The molecule has 0 aliphatic heterocycles. The first-order valence-corrected chi connectivity index (χ1v) is 7.27. The molecule has 0 fully saturated rings. The highest BCUT2D eigenvalue weighted by Crippen LogP contribution is 2.32. The van der Waals surface area contributed by atoms with Gasteiger partial charge in [0.2, 0.25) is 0 Å².